The fourth-order valence-electron chi connectivity index (χ4n) is 4.08. The van der Waals surface area contributed by atoms with Crippen molar-refractivity contribution in [3.8, 4) is 0 Å². The molecule has 4 nitrogen and oxygen atoms in total. The van der Waals surface area contributed by atoms with Gasteiger partial charge in [-0.25, -0.2) is 4.79 Å². The third kappa shape index (κ3) is 3.01. The molecule has 2 aliphatic rings. The molecule has 0 radical (unpaired) electrons. The van der Waals surface area contributed by atoms with E-state index in [-0.39, 0.29) is 5.97 Å². The summed E-state index contributed by atoms with van der Waals surface area (Å²) in [4.78, 5) is 14.7. The Labute approximate surface area is 136 Å². The van der Waals surface area contributed by atoms with E-state index in [1.54, 1.807) is 0 Å². The van der Waals surface area contributed by atoms with Crippen molar-refractivity contribution in [1.29, 1.82) is 0 Å². The number of piperidine rings is 1. The molecule has 0 spiro atoms. The van der Waals surface area contributed by atoms with Gasteiger partial charge in [0, 0.05) is 6.04 Å². The quantitative estimate of drug-likeness (QED) is 0.860. The fraction of sp³-hybridized carbons (Fsp3) is 0.706. The summed E-state index contributed by atoms with van der Waals surface area (Å²) in [6, 6.07) is 2.31. The van der Waals surface area contributed by atoms with Gasteiger partial charge in [0.1, 0.15) is 11.1 Å². The predicted molar refractivity (Wildman–Crippen MR) is 88.4 cm³/mol. The van der Waals surface area contributed by atoms with Crippen LogP contribution in [0.3, 0.4) is 0 Å². The van der Waals surface area contributed by atoms with Crippen LogP contribution in [0.5, 0.6) is 0 Å². The second kappa shape index (κ2) is 7.01. The van der Waals surface area contributed by atoms with Crippen LogP contribution < -0.4 is 4.90 Å². The molecule has 2 unspecified atom stereocenters. The minimum Gasteiger partial charge on any atom is -0.465 e. The summed E-state index contributed by atoms with van der Waals surface area (Å²) in [6.45, 7) is 0. The number of ether oxygens (including phenoxy) is 1. The van der Waals surface area contributed by atoms with Gasteiger partial charge in [0.15, 0.2) is 0 Å². The van der Waals surface area contributed by atoms with Gasteiger partial charge in [-0.3, -0.25) is 0 Å². The van der Waals surface area contributed by atoms with Crippen LogP contribution in [0.15, 0.2) is 11.4 Å². The average Bonchev–Trinajstić information content (AvgIpc) is 3.04. The van der Waals surface area contributed by atoms with Gasteiger partial charge in [0.2, 0.25) is 0 Å². The lowest BCUT2D eigenvalue weighted by Gasteiger charge is -2.45. The zero-order valence-corrected chi connectivity index (χ0v) is 14.0. The molecular weight excluding hydrogens is 298 g/mol. The SMILES string of the molecule is COC(=O)c1sccc1N1C(O)CCCC1C1CCCCC1. The third-order valence-electron chi connectivity index (χ3n) is 5.13. The van der Waals surface area contributed by atoms with Crippen molar-refractivity contribution in [3.05, 3.63) is 16.3 Å². The lowest BCUT2D eigenvalue weighted by molar-refractivity contribution is 0.0604. The van der Waals surface area contributed by atoms with E-state index in [1.807, 2.05) is 11.4 Å². The molecule has 1 aliphatic heterocycles. The Morgan fingerprint density at radius 2 is 2.00 bits per heavy atom. The molecule has 122 valence electrons. The Bertz CT molecular complexity index is 510. The second-order valence-electron chi connectivity index (χ2n) is 6.41. The highest BCUT2D eigenvalue weighted by molar-refractivity contribution is 7.12. The van der Waals surface area contributed by atoms with Gasteiger partial charge < -0.3 is 14.7 Å². The number of thiophene rings is 1. The number of carbonyl (C=O) groups is 1. The molecule has 1 N–H and O–H groups in total. The van der Waals surface area contributed by atoms with Gasteiger partial charge >= 0.3 is 5.97 Å². The van der Waals surface area contributed by atoms with E-state index >= 15 is 0 Å². The molecule has 1 aliphatic carbocycles. The number of rotatable bonds is 3. The van der Waals surface area contributed by atoms with E-state index in [2.05, 4.69) is 4.90 Å². The molecule has 2 fully saturated rings. The second-order valence-corrected chi connectivity index (χ2v) is 7.33. The van der Waals surface area contributed by atoms with Crippen LogP contribution in [-0.2, 0) is 4.74 Å². The molecule has 0 amide bonds. The normalized spacial score (nSPS) is 26.9. The molecule has 1 aromatic rings. The maximum absolute atomic E-state index is 12.0. The van der Waals surface area contributed by atoms with Crippen molar-refractivity contribution in [2.75, 3.05) is 12.0 Å². The molecule has 2 atom stereocenters. The minimum absolute atomic E-state index is 0.301. The van der Waals surface area contributed by atoms with Crippen LogP contribution in [0.2, 0.25) is 0 Å². The Morgan fingerprint density at radius 3 is 2.73 bits per heavy atom. The van der Waals surface area contributed by atoms with Gasteiger partial charge in [-0.15, -0.1) is 11.3 Å². The number of nitrogens with zero attached hydrogens (tertiary/aromatic N) is 1. The Hall–Kier alpha value is -1.07. The van der Waals surface area contributed by atoms with Crippen LogP contribution in [0.25, 0.3) is 0 Å². The van der Waals surface area contributed by atoms with Gasteiger partial charge in [-0.1, -0.05) is 19.3 Å². The lowest BCUT2D eigenvalue weighted by Crippen LogP contribution is -2.51. The molecule has 5 heteroatoms. The van der Waals surface area contributed by atoms with E-state index in [0.717, 1.165) is 24.9 Å². The van der Waals surface area contributed by atoms with E-state index in [1.165, 1.54) is 50.6 Å². The monoisotopic (exact) mass is 323 g/mol. The summed E-state index contributed by atoms with van der Waals surface area (Å²) < 4.78 is 4.91. The van der Waals surface area contributed by atoms with E-state index in [0.29, 0.717) is 16.8 Å². The first-order valence-electron chi connectivity index (χ1n) is 8.34. The fourth-order valence-corrected chi connectivity index (χ4v) is 4.89. The number of methoxy groups -OCH3 is 1. The van der Waals surface area contributed by atoms with Crippen LogP contribution in [-0.4, -0.2) is 30.5 Å². The molecular formula is C17H25NO3S. The Kier molecular flexibility index (Phi) is 5.03. The topological polar surface area (TPSA) is 49.8 Å². The summed E-state index contributed by atoms with van der Waals surface area (Å²) in [5, 5.41) is 12.5. The molecule has 1 saturated heterocycles. The highest BCUT2D eigenvalue weighted by atomic mass is 32.1. The first-order valence-corrected chi connectivity index (χ1v) is 9.22. The van der Waals surface area contributed by atoms with Crippen LogP contribution in [0.1, 0.15) is 61.0 Å². The van der Waals surface area contributed by atoms with Crippen molar-refractivity contribution in [2.24, 2.45) is 5.92 Å². The highest BCUT2D eigenvalue weighted by Gasteiger charge is 2.37. The van der Waals surface area contributed by atoms with Crippen molar-refractivity contribution in [2.45, 2.75) is 63.6 Å². The lowest BCUT2D eigenvalue weighted by atomic mass is 9.79. The summed E-state index contributed by atoms with van der Waals surface area (Å²) in [5.74, 6) is 0.333. The number of esters is 1. The smallest absolute Gasteiger partial charge is 0.350 e. The van der Waals surface area contributed by atoms with Crippen LogP contribution in [0.4, 0.5) is 5.69 Å². The third-order valence-corrected chi connectivity index (χ3v) is 6.01. The van der Waals surface area contributed by atoms with Crippen LogP contribution in [0, 0.1) is 5.92 Å². The summed E-state index contributed by atoms with van der Waals surface area (Å²) in [7, 11) is 1.41. The highest BCUT2D eigenvalue weighted by Crippen LogP contribution is 2.40. The molecule has 1 aromatic heterocycles. The first-order chi connectivity index (χ1) is 10.7. The van der Waals surface area contributed by atoms with Crippen LogP contribution >= 0.6 is 11.3 Å². The average molecular weight is 323 g/mol. The summed E-state index contributed by atoms with van der Waals surface area (Å²) in [5.41, 5.74) is 0.861. The molecule has 1 saturated carbocycles. The van der Waals surface area contributed by atoms with E-state index in [4.69, 9.17) is 4.74 Å². The predicted octanol–water partition coefficient (Wildman–Crippen LogP) is 3.79. The molecule has 22 heavy (non-hydrogen) atoms. The maximum Gasteiger partial charge on any atom is 0.350 e. The van der Waals surface area contributed by atoms with Gasteiger partial charge in [-0.05, 0) is 49.5 Å². The number of hydrogen-bond acceptors (Lipinski definition) is 5. The Balaban J connectivity index is 1.90. The van der Waals surface area contributed by atoms with Gasteiger partial charge in [0.05, 0.1) is 12.8 Å². The van der Waals surface area contributed by atoms with Crippen molar-refractivity contribution < 1.29 is 14.6 Å². The molecule has 0 aromatic carbocycles. The zero-order chi connectivity index (χ0) is 15.5. The number of aliphatic hydroxyl groups excluding tert-OH is 1. The molecule has 3 rings (SSSR count). The Morgan fingerprint density at radius 1 is 1.23 bits per heavy atom. The number of hydrogen-bond donors (Lipinski definition) is 1. The van der Waals surface area contributed by atoms with Crippen molar-refractivity contribution in [3.63, 3.8) is 0 Å². The van der Waals surface area contributed by atoms with Crippen molar-refractivity contribution >= 4 is 23.0 Å². The number of anilines is 1. The number of aliphatic hydroxyl groups is 1. The first kappa shape index (κ1) is 15.8. The summed E-state index contributed by atoms with van der Waals surface area (Å²) >= 11 is 1.40. The van der Waals surface area contributed by atoms with Gasteiger partial charge in [-0.2, -0.15) is 0 Å². The molecule has 0 bridgehead atoms. The van der Waals surface area contributed by atoms with Crippen molar-refractivity contribution in [1.82, 2.24) is 0 Å². The largest absolute Gasteiger partial charge is 0.465 e. The van der Waals surface area contributed by atoms with Gasteiger partial charge in [0.25, 0.3) is 0 Å². The van der Waals surface area contributed by atoms with E-state index in [9.17, 15) is 9.90 Å². The zero-order valence-electron chi connectivity index (χ0n) is 13.2. The summed E-state index contributed by atoms with van der Waals surface area (Å²) in [6.07, 6.45) is 8.86. The molecule has 2 heterocycles. The maximum atomic E-state index is 12.0. The number of carbonyl (C=O) groups excluding carboxylic acids is 1. The standard InChI is InChI=1S/C17H25NO3S/c1-21-17(20)16-14(10-11-22-16)18-13(8-5-9-15(18)19)12-6-3-2-4-7-12/h10-13,15,19H,2-9H2,1H3. The minimum atomic E-state index is -0.487. The van der Waals surface area contributed by atoms with E-state index < -0.39 is 6.23 Å².